The van der Waals surface area contributed by atoms with Crippen LogP contribution in [0.1, 0.15) is 15.3 Å². The molecule has 1 aromatic carbocycles. The number of amides is 2. The van der Waals surface area contributed by atoms with Gasteiger partial charge in [0.1, 0.15) is 0 Å². The van der Waals surface area contributed by atoms with Crippen molar-refractivity contribution in [1.82, 2.24) is 10.2 Å². The lowest BCUT2D eigenvalue weighted by Crippen LogP contribution is -2.36. The molecule has 1 N–H and O–H groups in total. The second kappa shape index (κ2) is 6.27. The van der Waals surface area contributed by atoms with Crippen molar-refractivity contribution >= 4 is 17.4 Å². The summed E-state index contributed by atoms with van der Waals surface area (Å²) in [5.74, 6) is 1.49. The van der Waals surface area contributed by atoms with E-state index in [0.29, 0.717) is 13.1 Å². The van der Waals surface area contributed by atoms with E-state index < -0.39 is 0 Å². The van der Waals surface area contributed by atoms with Crippen LogP contribution in [0.2, 0.25) is 0 Å². The van der Waals surface area contributed by atoms with Crippen LogP contribution in [0.3, 0.4) is 0 Å². The zero-order valence-electron chi connectivity index (χ0n) is 12.6. The minimum absolute atomic E-state index is 0.0938. The van der Waals surface area contributed by atoms with E-state index in [1.807, 2.05) is 24.3 Å². The van der Waals surface area contributed by atoms with Crippen molar-refractivity contribution in [2.24, 2.45) is 0 Å². The maximum absolute atomic E-state index is 12.1. The topological polar surface area (TPSA) is 50.8 Å². The van der Waals surface area contributed by atoms with Gasteiger partial charge in [-0.1, -0.05) is 6.07 Å². The molecule has 0 spiro atoms. The molecule has 0 radical (unpaired) electrons. The van der Waals surface area contributed by atoms with Crippen LogP contribution in [0.25, 0.3) is 0 Å². The molecule has 0 saturated heterocycles. The molecule has 3 rings (SSSR count). The summed E-state index contributed by atoms with van der Waals surface area (Å²) in [5.41, 5.74) is 1.01. The second-order valence-corrected chi connectivity index (χ2v) is 6.59. The van der Waals surface area contributed by atoms with Crippen molar-refractivity contribution in [3.63, 3.8) is 0 Å². The Balaban J connectivity index is 1.54. The Bertz CT molecular complexity index is 684. The molecule has 22 heavy (non-hydrogen) atoms. The molecule has 2 amide bonds. The summed E-state index contributed by atoms with van der Waals surface area (Å²) in [5, 5.41) is 2.93. The van der Waals surface area contributed by atoms with Gasteiger partial charge >= 0.3 is 6.03 Å². The number of nitrogens with one attached hydrogen (secondary N) is 1. The SMILES string of the molecule is Cc1ccc(CNC(=O)N(C)Cc2ccc3c(c2)OCO3)s1. The largest absolute Gasteiger partial charge is 0.454 e. The summed E-state index contributed by atoms with van der Waals surface area (Å²) >= 11 is 1.70. The lowest BCUT2D eigenvalue weighted by Gasteiger charge is -2.18. The summed E-state index contributed by atoms with van der Waals surface area (Å²) in [6, 6.07) is 9.73. The van der Waals surface area contributed by atoms with Gasteiger partial charge in [-0.05, 0) is 36.8 Å². The fraction of sp³-hybridized carbons (Fsp3) is 0.312. The number of nitrogens with zero attached hydrogens (tertiary/aromatic N) is 1. The maximum atomic E-state index is 12.1. The van der Waals surface area contributed by atoms with Crippen molar-refractivity contribution in [3.8, 4) is 11.5 Å². The molecule has 0 fully saturated rings. The van der Waals surface area contributed by atoms with Gasteiger partial charge in [-0.15, -0.1) is 11.3 Å². The molecule has 0 aliphatic carbocycles. The Labute approximate surface area is 133 Å². The number of aryl methyl sites for hydroxylation is 1. The molecule has 0 unspecified atom stereocenters. The number of hydrogen-bond acceptors (Lipinski definition) is 4. The first-order chi connectivity index (χ1) is 10.6. The van der Waals surface area contributed by atoms with Crippen molar-refractivity contribution in [1.29, 1.82) is 0 Å². The number of urea groups is 1. The quantitative estimate of drug-likeness (QED) is 0.942. The number of carbonyl (C=O) groups is 1. The average molecular weight is 318 g/mol. The van der Waals surface area contributed by atoms with Gasteiger partial charge in [-0.2, -0.15) is 0 Å². The zero-order valence-corrected chi connectivity index (χ0v) is 13.4. The second-order valence-electron chi connectivity index (χ2n) is 5.21. The molecule has 2 aromatic rings. The Kier molecular flexibility index (Phi) is 4.20. The summed E-state index contributed by atoms with van der Waals surface area (Å²) in [6.45, 7) is 3.39. The molecule has 6 heteroatoms. The molecule has 1 aliphatic rings. The normalized spacial score (nSPS) is 12.3. The first-order valence-electron chi connectivity index (χ1n) is 7.04. The van der Waals surface area contributed by atoms with Crippen LogP contribution in [-0.4, -0.2) is 24.8 Å². The van der Waals surface area contributed by atoms with Gasteiger partial charge in [0.25, 0.3) is 0 Å². The van der Waals surface area contributed by atoms with E-state index >= 15 is 0 Å². The van der Waals surface area contributed by atoms with Gasteiger partial charge in [0.15, 0.2) is 11.5 Å². The van der Waals surface area contributed by atoms with Crippen LogP contribution in [0.15, 0.2) is 30.3 Å². The molecule has 1 aromatic heterocycles. The number of benzene rings is 1. The summed E-state index contributed by atoms with van der Waals surface area (Å²) < 4.78 is 10.6. The van der Waals surface area contributed by atoms with Gasteiger partial charge < -0.3 is 19.7 Å². The minimum Gasteiger partial charge on any atom is -0.454 e. The van der Waals surface area contributed by atoms with E-state index in [1.165, 1.54) is 4.88 Å². The highest BCUT2D eigenvalue weighted by Crippen LogP contribution is 2.32. The van der Waals surface area contributed by atoms with E-state index in [2.05, 4.69) is 18.3 Å². The fourth-order valence-corrected chi connectivity index (χ4v) is 3.09. The van der Waals surface area contributed by atoms with Gasteiger partial charge in [0.2, 0.25) is 6.79 Å². The third-order valence-electron chi connectivity index (χ3n) is 3.41. The maximum Gasteiger partial charge on any atom is 0.317 e. The number of carbonyl (C=O) groups excluding carboxylic acids is 1. The molecule has 0 atom stereocenters. The lowest BCUT2D eigenvalue weighted by atomic mass is 10.2. The number of hydrogen-bond donors (Lipinski definition) is 1. The monoisotopic (exact) mass is 318 g/mol. The van der Waals surface area contributed by atoms with Crippen molar-refractivity contribution in [2.45, 2.75) is 20.0 Å². The fourth-order valence-electron chi connectivity index (χ4n) is 2.26. The van der Waals surface area contributed by atoms with Crippen LogP contribution in [0.5, 0.6) is 11.5 Å². The van der Waals surface area contributed by atoms with E-state index in [1.54, 1.807) is 23.3 Å². The third kappa shape index (κ3) is 3.33. The molecular weight excluding hydrogens is 300 g/mol. The van der Waals surface area contributed by atoms with E-state index in [0.717, 1.165) is 21.9 Å². The summed E-state index contributed by atoms with van der Waals surface area (Å²) in [4.78, 5) is 16.2. The van der Waals surface area contributed by atoms with E-state index in [4.69, 9.17) is 9.47 Å². The Morgan fingerprint density at radius 3 is 2.86 bits per heavy atom. The zero-order chi connectivity index (χ0) is 15.5. The summed E-state index contributed by atoms with van der Waals surface area (Å²) in [7, 11) is 1.78. The molecule has 0 saturated carbocycles. The first-order valence-corrected chi connectivity index (χ1v) is 7.86. The third-order valence-corrected chi connectivity index (χ3v) is 4.41. The Morgan fingerprint density at radius 1 is 1.27 bits per heavy atom. The Morgan fingerprint density at radius 2 is 2.09 bits per heavy atom. The number of fused-ring (bicyclic) bond motifs is 1. The predicted molar refractivity (Wildman–Crippen MR) is 85.3 cm³/mol. The van der Waals surface area contributed by atoms with Crippen molar-refractivity contribution < 1.29 is 14.3 Å². The van der Waals surface area contributed by atoms with E-state index in [9.17, 15) is 4.79 Å². The van der Waals surface area contributed by atoms with Crippen LogP contribution in [0, 0.1) is 6.92 Å². The van der Waals surface area contributed by atoms with Crippen LogP contribution < -0.4 is 14.8 Å². The van der Waals surface area contributed by atoms with Gasteiger partial charge in [-0.3, -0.25) is 0 Å². The first kappa shape index (κ1) is 14.7. The minimum atomic E-state index is -0.0938. The standard InChI is InChI=1S/C16H18N2O3S/c1-11-3-5-13(22-11)8-17-16(19)18(2)9-12-4-6-14-15(7-12)21-10-20-14/h3-7H,8-10H2,1-2H3,(H,17,19). The van der Waals surface area contributed by atoms with E-state index in [-0.39, 0.29) is 12.8 Å². The molecular formula is C16H18N2O3S. The highest BCUT2D eigenvalue weighted by molar-refractivity contribution is 7.11. The molecule has 116 valence electrons. The molecule has 1 aliphatic heterocycles. The summed E-state index contributed by atoms with van der Waals surface area (Å²) in [6.07, 6.45) is 0. The van der Waals surface area contributed by atoms with Gasteiger partial charge in [0.05, 0.1) is 6.54 Å². The van der Waals surface area contributed by atoms with Crippen molar-refractivity contribution in [3.05, 3.63) is 45.6 Å². The number of ether oxygens (including phenoxy) is 2. The molecule has 2 heterocycles. The van der Waals surface area contributed by atoms with Crippen LogP contribution in [-0.2, 0) is 13.1 Å². The Hall–Kier alpha value is -2.21. The van der Waals surface area contributed by atoms with Crippen LogP contribution in [0.4, 0.5) is 4.79 Å². The van der Waals surface area contributed by atoms with Gasteiger partial charge in [-0.25, -0.2) is 4.79 Å². The molecule has 5 nitrogen and oxygen atoms in total. The predicted octanol–water partition coefficient (Wildman–Crippen LogP) is 3.13. The highest BCUT2D eigenvalue weighted by atomic mass is 32.1. The average Bonchev–Trinajstić information content (AvgIpc) is 3.12. The molecule has 0 bridgehead atoms. The number of thiophene rings is 1. The van der Waals surface area contributed by atoms with Gasteiger partial charge in [0, 0.05) is 23.3 Å². The van der Waals surface area contributed by atoms with Crippen LogP contribution >= 0.6 is 11.3 Å². The smallest absolute Gasteiger partial charge is 0.317 e. The van der Waals surface area contributed by atoms with Crippen molar-refractivity contribution in [2.75, 3.05) is 13.8 Å². The highest BCUT2D eigenvalue weighted by Gasteiger charge is 2.15. The lowest BCUT2D eigenvalue weighted by molar-refractivity contribution is 0.174. The number of rotatable bonds is 4.